The zero-order valence-corrected chi connectivity index (χ0v) is 9.45. The summed E-state index contributed by atoms with van der Waals surface area (Å²) in [7, 11) is 1.93. The van der Waals surface area contributed by atoms with Crippen molar-refractivity contribution < 1.29 is 9.67 Å². The lowest BCUT2D eigenvalue weighted by molar-refractivity contribution is -0.680. The van der Waals surface area contributed by atoms with Gasteiger partial charge < -0.3 is 5.11 Å². The van der Waals surface area contributed by atoms with Gasteiger partial charge in [-0.25, -0.2) is 4.57 Å². The number of halogens is 1. The third-order valence-corrected chi connectivity index (χ3v) is 3.24. The Hall–Kier alpha value is -0.930. The van der Waals surface area contributed by atoms with Crippen LogP contribution < -0.4 is 4.57 Å². The maximum absolute atomic E-state index is 9.21. The Kier molecular flexibility index (Phi) is 2.52. The van der Waals surface area contributed by atoms with E-state index < -0.39 is 0 Å². The number of fused-ring (bicyclic) bond motifs is 1. The van der Waals surface area contributed by atoms with Crippen LogP contribution in [-0.2, 0) is 13.7 Å². The average Bonchev–Trinajstić information content (AvgIpc) is 2.18. The molecule has 0 aliphatic rings. The van der Waals surface area contributed by atoms with E-state index >= 15 is 0 Å². The molecule has 0 saturated heterocycles. The van der Waals surface area contributed by atoms with Gasteiger partial charge in [-0.2, -0.15) is 0 Å². The summed E-state index contributed by atoms with van der Waals surface area (Å²) in [5.74, 6) is 0. The van der Waals surface area contributed by atoms with Crippen LogP contribution in [0.3, 0.4) is 0 Å². The van der Waals surface area contributed by atoms with E-state index in [1.807, 2.05) is 36.0 Å². The molecule has 1 N–H and O–H groups in total. The Morgan fingerprint density at radius 1 is 1.36 bits per heavy atom. The van der Waals surface area contributed by atoms with E-state index in [0.717, 1.165) is 15.6 Å². The minimum atomic E-state index is 0.0436. The van der Waals surface area contributed by atoms with Crippen molar-refractivity contribution in [3.8, 4) is 0 Å². The van der Waals surface area contributed by atoms with Gasteiger partial charge in [0.25, 0.3) is 0 Å². The minimum Gasteiger partial charge on any atom is -0.385 e. The van der Waals surface area contributed by atoms with Crippen LogP contribution in [0.2, 0.25) is 0 Å². The number of hydrogen-bond donors (Lipinski definition) is 1. The Labute approximate surface area is 90.9 Å². The Morgan fingerprint density at radius 2 is 2.07 bits per heavy atom. The number of aliphatic hydroxyl groups is 1. The number of rotatable bonds is 1. The highest BCUT2D eigenvalue weighted by Crippen LogP contribution is 2.24. The lowest BCUT2D eigenvalue weighted by Crippen LogP contribution is -2.33. The quantitative estimate of drug-likeness (QED) is 0.771. The van der Waals surface area contributed by atoms with Crippen LogP contribution in [0.4, 0.5) is 0 Å². The SMILES string of the molecule is C[n+]1cc2ccccc2c(Br)c1CO. The second kappa shape index (κ2) is 3.67. The van der Waals surface area contributed by atoms with Gasteiger partial charge in [-0.05, 0) is 22.0 Å². The topological polar surface area (TPSA) is 24.1 Å². The van der Waals surface area contributed by atoms with Crippen LogP contribution in [0.15, 0.2) is 34.9 Å². The summed E-state index contributed by atoms with van der Waals surface area (Å²) < 4.78 is 2.91. The number of benzene rings is 1. The molecule has 0 bridgehead atoms. The molecule has 14 heavy (non-hydrogen) atoms. The van der Waals surface area contributed by atoms with E-state index in [1.54, 1.807) is 0 Å². The first kappa shape index (κ1) is 9.62. The molecule has 0 unspecified atom stereocenters. The highest BCUT2D eigenvalue weighted by atomic mass is 79.9. The Balaban J connectivity index is 2.86. The summed E-state index contributed by atoms with van der Waals surface area (Å²) >= 11 is 3.51. The van der Waals surface area contributed by atoms with Gasteiger partial charge in [-0.1, -0.05) is 18.2 Å². The van der Waals surface area contributed by atoms with E-state index in [9.17, 15) is 5.11 Å². The molecule has 2 rings (SSSR count). The fourth-order valence-electron chi connectivity index (χ4n) is 1.59. The average molecular weight is 253 g/mol. The van der Waals surface area contributed by atoms with Gasteiger partial charge in [0.05, 0.1) is 4.47 Å². The van der Waals surface area contributed by atoms with Crippen molar-refractivity contribution in [3.05, 3.63) is 40.6 Å². The largest absolute Gasteiger partial charge is 0.385 e. The summed E-state index contributed by atoms with van der Waals surface area (Å²) in [5, 5.41) is 11.5. The third kappa shape index (κ3) is 1.42. The zero-order chi connectivity index (χ0) is 10.1. The summed E-state index contributed by atoms with van der Waals surface area (Å²) in [6.07, 6.45) is 2.02. The Morgan fingerprint density at radius 3 is 2.79 bits per heavy atom. The van der Waals surface area contributed by atoms with Crippen molar-refractivity contribution in [3.63, 3.8) is 0 Å². The van der Waals surface area contributed by atoms with E-state index in [4.69, 9.17) is 0 Å². The molecular formula is C11H11BrNO+. The molecule has 0 radical (unpaired) electrons. The first-order valence-corrected chi connectivity index (χ1v) is 5.20. The molecule has 0 aliphatic heterocycles. The Bertz CT molecular complexity index is 482. The minimum absolute atomic E-state index is 0.0436. The van der Waals surface area contributed by atoms with E-state index in [1.165, 1.54) is 5.39 Å². The number of aliphatic hydroxyl groups excluding tert-OH is 1. The number of aryl methyl sites for hydroxylation is 1. The molecule has 0 aliphatic carbocycles. The number of nitrogens with zero attached hydrogens (tertiary/aromatic N) is 1. The highest BCUT2D eigenvalue weighted by molar-refractivity contribution is 9.10. The molecule has 1 heterocycles. The van der Waals surface area contributed by atoms with Crippen LogP contribution >= 0.6 is 15.9 Å². The van der Waals surface area contributed by atoms with Gasteiger partial charge in [0, 0.05) is 10.8 Å². The molecule has 0 amide bonds. The van der Waals surface area contributed by atoms with Crippen molar-refractivity contribution in [2.24, 2.45) is 7.05 Å². The number of aromatic nitrogens is 1. The van der Waals surface area contributed by atoms with Gasteiger partial charge in [0.15, 0.2) is 6.20 Å². The van der Waals surface area contributed by atoms with Crippen LogP contribution in [-0.4, -0.2) is 5.11 Å². The maximum Gasteiger partial charge on any atom is 0.221 e. The predicted molar refractivity (Wildman–Crippen MR) is 58.7 cm³/mol. The predicted octanol–water partition coefficient (Wildman–Crippen LogP) is 1.92. The second-order valence-electron chi connectivity index (χ2n) is 3.25. The summed E-state index contributed by atoms with van der Waals surface area (Å²) in [6, 6.07) is 8.10. The first-order chi connectivity index (χ1) is 6.74. The van der Waals surface area contributed by atoms with Crippen LogP contribution in [0.1, 0.15) is 5.69 Å². The van der Waals surface area contributed by atoms with Crippen molar-refractivity contribution in [1.29, 1.82) is 0 Å². The molecule has 1 aromatic heterocycles. The van der Waals surface area contributed by atoms with E-state index in [-0.39, 0.29) is 6.61 Å². The molecule has 0 spiro atoms. The van der Waals surface area contributed by atoms with Gasteiger partial charge in [0.1, 0.15) is 13.7 Å². The summed E-state index contributed by atoms with van der Waals surface area (Å²) in [4.78, 5) is 0. The molecule has 3 heteroatoms. The van der Waals surface area contributed by atoms with Crippen LogP contribution in [0, 0.1) is 0 Å². The monoisotopic (exact) mass is 252 g/mol. The summed E-state index contributed by atoms with van der Waals surface area (Å²) in [5.41, 5.74) is 0.892. The number of hydrogen-bond acceptors (Lipinski definition) is 1. The standard InChI is InChI=1S/C11H11BrNO/c1-13-6-8-4-2-3-5-9(8)11(12)10(13)7-14/h2-6,14H,7H2,1H3/q+1. The molecule has 2 aromatic rings. The fourth-order valence-corrected chi connectivity index (χ4v) is 2.35. The molecule has 0 saturated carbocycles. The normalized spacial score (nSPS) is 10.8. The van der Waals surface area contributed by atoms with Crippen molar-refractivity contribution in [2.45, 2.75) is 6.61 Å². The molecule has 0 atom stereocenters. The van der Waals surface area contributed by atoms with Crippen LogP contribution in [0.25, 0.3) is 10.8 Å². The highest BCUT2D eigenvalue weighted by Gasteiger charge is 2.14. The van der Waals surface area contributed by atoms with Gasteiger partial charge in [0.2, 0.25) is 5.69 Å². The fraction of sp³-hybridized carbons (Fsp3) is 0.182. The van der Waals surface area contributed by atoms with E-state index in [0.29, 0.717) is 0 Å². The van der Waals surface area contributed by atoms with E-state index in [2.05, 4.69) is 22.0 Å². The van der Waals surface area contributed by atoms with Crippen molar-refractivity contribution in [1.82, 2.24) is 0 Å². The zero-order valence-electron chi connectivity index (χ0n) is 7.87. The lowest BCUT2D eigenvalue weighted by atomic mass is 10.1. The third-order valence-electron chi connectivity index (χ3n) is 2.36. The smallest absolute Gasteiger partial charge is 0.221 e. The second-order valence-corrected chi connectivity index (χ2v) is 4.04. The summed E-state index contributed by atoms with van der Waals surface area (Å²) in [6.45, 7) is 0.0436. The molecular weight excluding hydrogens is 242 g/mol. The number of pyridine rings is 1. The van der Waals surface area contributed by atoms with Gasteiger partial charge >= 0.3 is 0 Å². The molecule has 72 valence electrons. The molecule has 0 fully saturated rings. The maximum atomic E-state index is 9.21. The lowest BCUT2D eigenvalue weighted by Gasteiger charge is -2.03. The van der Waals surface area contributed by atoms with Crippen LogP contribution in [0.5, 0.6) is 0 Å². The van der Waals surface area contributed by atoms with Crippen molar-refractivity contribution >= 4 is 26.7 Å². The van der Waals surface area contributed by atoms with Gasteiger partial charge in [-0.3, -0.25) is 0 Å². The first-order valence-electron chi connectivity index (χ1n) is 4.40. The van der Waals surface area contributed by atoms with Crippen molar-refractivity contribution in [2.75, 3.05) is 0 Å². The molecule has 1 aromatic carbocycles. The van der Waals surface area contributed by atoms with Gasteiger partial charge in [-0.15, -0.1) is 0 Å². The molecule has 2 nitrogen and oxygen atoms in total.